The van der Waals surface area contributed by atoms with Crippen molar-refractivity contribution in [2.24, 2.45) is 0 Å². The molecule has 1 aliphatic heterocycles. The molecule has 0 unspecified atom stereocenters. The van der Waals surface area contributed by atoms with Crippen molar-refractivity contribution in [3.8, 4) is 0 Å². The molecule has 2 amide bonds. The number of hydrogen-bond acceptors (Lipinski definition) is 6. The number of carbonyl (C=O) groups excluding carboxylic acids is 2. The highest BCUT2D eigenvalue weighted by Gasteiger charge is 2.17. The van der Waals surface area contributed by atoms with Crippen LogP contribution in [0.5, 0.6) is 0 Å². The average Bonchev–Trinajstić information content (AvgIpc) is 2.78. The van der Waals surface area contributed by atoms with Gasteiger partial charge in [0.05, 0.1) is 17.5 Å². The number of hydrogen-bond donors (Lipinski definition) is 3. The molecule has 184 valence electrons. The fraction of sp³-hybridized carbons (Fsp3) is 0.417. The summed E-state index contributed by atoms with van der Waals surface area (Å²) in [5, 5.41) is 5.44. The van der Waals surface area contributed by atoms with Crippen molar-refractivity contribution in [3.63, 3.8) is 0 Å². The van der Waals surface area contributed by atoms with Gasteiger partial charge in [0.2, 0.25) is 15.9 Å². The maximum atomic E-state index is 12.9. The van der Waals surface area contributed by atoms with E-state index in [1.807, 2.05) is 12.1 Å². The molecule has 0 aromatic heterocycles. The van der Waals surface area contributed by atoms with E-state index in [1.165, 1.54) is 30.7 Å². The van der Waals surface area contributed by atoms with Gasteiger partial charge in [-0.1, -0.05) is 31.2 Å². The Labute approximate surface area is 201 Å². The smallest absolute Gasteiger partial charge is 0.253 e. The van der Waals surface area contributed by atoms with Crippen LogP contribution in [0, 0.1) is 0 Å². The molecule has 0 aliphatic carbocycles. The maximum absolute atomic E-state index is 12.9. The van der Waals surface area contributed by atoms with Crippen LogP contribution in [-0.4, -0.2) is 69.0 Å². The number of nitrogens with zero attached hydrogens (tertiary/aromatic N) is 2. The minimum atomic E-state index is -3.58. The van der Waals surface area contributed by atoms with Crippen molar-refractivity contribution in [2.45, 2.75) is 26.9 Å². The highest BCUT2D eigenvalue weighted by molar-refractivity contribution is 7.92. The molecule has 34 heavy (non-hydrogen) atoms. The Kier molecular flexibility index (Phi) is 8.65. The second-order valence-corrected chi connectivity index (χ2v) is 10.3. The third kappa shape index (κ3) is 7.82. The van der Waals surface area contributed by atoms with Gasteiger partial charge in [0.15, 0.2) is 0 Å². The zero-order chi connectivity index (χ0) is 24.7. The molecule has 0 bridgehead atoms. The Morgan fingerprint density at radius 1 is 0.941 bits per heavy atom. The van der Waals surface area contributed by atoms with Crippen molar-refractivity contribution >= 4 is 33.2 Å². The molecule has 1 saturated heterocycles. The first-order chi connectivity index (χ1) is 16.1. The van der Waals surface area contributed by atoms with Gasteiger partial charge >= 0.3 is 0 Å². The van der Waals surface area contributed by atoms with Crippen LogP contribution in [0.1, 0.15) is 35.3 Å². The largest absolute Gasteiger partial charge is 0.348 e. The van der Waals surface area contributed by atoms with E-state index in [1.54, 1.807) is 0 Å². The fourth-order valence-electron chi connectivity index (χ4n) is 3.86. The third-order valence-electron chi connectivity index (χ3n) is 5.67. The monoisotopic (exact) mass is 487 g/mol. The Bertz CT molecular complexity index is 1110. The second kappa shape index (κ2) is 11.5. The first kappa shape index (κ1) is 25.7. The first-order valence-corrected chi connectivity index (χ1v) is 13.2. The first-order valence-electron chi connectivity index (χ1n) is 11.3. The molecule has 3 N–H and O–H groups in total. The second-order valence-electron chi connectivity index (χ2n) is 8.53. The van der Waals surface area contributed by atoms with Crippen molar-refractivity contribution in [1.82, 2.24) is 15.1 Å². The Balaban J connectivity index is 1.62. The van der Waals surface area contributed by atoms with E-state index in [9.17, 15) is 18.0 Å². The number of amides is 2. The Hall–Kier alpha value is -2.95. The van der Waals surface area contributed by atoms with Crippen LogP contribution in [0.4, 0.5) is 11.4 Å². The van der Waals surface area contributed by atoms with Gasteiger partial charge in [-0.3, -0.25) is 19.2 Å². The molecule has 2 aromatic carbocycles. The topological polar surface area (TPSA) is 111 Å². The molecule has 1 heterocycles. The van der Waals surface area contributed by atoms with Gasteiger partial charge < -0.3 is 15.5 Å². The summed E-state index contributed by atoms with van der Waals surface area (Å²) in [4.78, 5) is 29.1. The summed E-state index contributed by atoms with van der Waals surface area (Å²) < 4.78 is 25.8. The van der Waals surface area contributed by atoms with Crippen molar-refractivity contribution in [2.75, 3.05) is 49.0 Å². The standard InChI is InChI=1S/C24H33N5O4S/c1-4-28-11-13-29(14-12-28)17-20-7-5-19(6-8-20)16-25-24(31)22-15-21(26-18(2)30)9-10-23(22)27-34(3,32)33/h5-10,15,27H,4,11-14,16-17H2,1-3H3,(H,25,31)(H,26,30). The lowest BCUT2D eigenvalue weighted by molar-refractivity contribution is -0.114. The molecule has 9 nitrogen and oxygen atoms in total. The molecule has 2 aromatic rings. The maximum Gasteiger partial charge on any atom is 0.253 e. The fourth-order valence-corrected chi connectivity index (χ4v) is 4.44. The van der Waals surface area contributed by atoms with Crippen LogP contribution in [0.2, 0.25) is 0 Å². The number of benzene rings is 2. The van der Waals surface area contributed by atoms with E-state index in [0.29, 0.717) is 5.69 Å². The SMILES string of the molecule is CCN1CCN(Cc2ccc(CNC(=O)c3cc(NC(C)=O)ccc3NS(C)(=O)=O)cc2)CC1. The van der Waals surface area contributed by atoms with E-state index in [0.717, 1.165) is 51.1 Å². The number of likely N-dealkylation sites (N-methyl/N-ethyl adjacent to an activating group) is 1. The molecule has 3 rings (SSSR count). The molecule has 0 spiro atoms. The molecule has 0 radical (unpaired) electrons. The molecular weight excluding hydrogens is 454 g/mol. The molecule has 1 fully saturated rings. The normalized spacial score (nSPS) is 15.0. The number of anilines is 2. The Morgan fingerprint density at radius 2 is 1.56 bits per heavy atom. The van der Waals surface area contributed by atoms with Gasteiger partial charge in [0.1, 0.15) is 0 Å². The van der Waals surface area contributed by atoms with Crippen LogP contribution in [-0.2, 0) is 27.9 Å². The van der Waals surface area contributed by atoms with Gasteiger partial charge in [-0.05, 0) is 35.9 Å². The summed E-state index contributed by atoms with van der Waals surface area (Å²) in [6, 6.07) is 12.6. The molecule has 1 aliphatic rings. The van der Waals surface area contributed by atoms with Crippen LogP contribution >= 0.6 is 0 Å². The van der Waals surface area contributed by atoms with E-state index in [2.05, 4.69) is 44.2 Å². The summed E-state index contributed by atoms with van der Waals surface area (Å²) >= 11 is 0. The van der Waals surface area contributed by atoms with E-state index in [-0.39, 0.29) is 23.7 Å². The highest BCUT2D eigenvalue weighted by Crippen LogP contribution is 2.22. The molecule has 0 saturated carbocycles. The number of nitrogens with one attached hydrogen (secondary N) is 3. The van der Waals surface area contributed by atoms with Crippen LogP contribution < -0.4 is 15.4 Å². The summed E-state index contributed by atoms with van der Waals surface area (Å²) in [6.45, 7) is 10.2. The lowest BCUT2D eigenvalue weighted by Gasteiger charge is -2.34. The van der Waals surface area contributed by atoms with Crippen molar-refractivity contribution in [1.29, 1.82) is 0 Å². The Morgan fingerprint density at radius 3 is 2.15 bits per heavy atom. The summed E-state index contributed by atoms with van der Waals surface area (Å²) in [7, 11) is -3.58. The van der Waals surface area contributed by atoms with Gasteiger partial charge in [0, 0.05) is 51.9 Å². The predicted octanol–water partition coefficient (Wildman–Crippen LogP) is 2.08. The quantitative estimate of drug-likeness (QED) is 0.500. The van der Waals surface area contributed by atoms with Gasteiger partial charge in [0.25, 0.3) is 5.91 Å². The summed E-state index contributed by atoms with van der Waals surface area (Å²) in [5.41, 5.74) is 2.83. The van der Waals surface area contributed by atoms with Gasteiger partial charge in [-0.15, -0.1) is 0 Å². The number of rotatable bonds is 9. The highest BCUT2D eigenvalue weighted by atomic mass is 32.2. The third-order valence-corrected chi connectivity index (χ3v) is 6.26. The van der Waals surface area contributed by atoms with Crippen molar-refractivity contribution < 1.29 is 18.0 Å². The van der Waals surface area contributed by atoms with E-state index >= 15 is 0 Å². The van der Waals surface area contributed by atoms with Crippen LogP contribution in [0.3, 0.4) is 0 Å². The predicted molar refractivity (Wildman–Crippen MR) is 134 cm³/mol. The lowest BCUT2D eigenvalue weighted by atomic mass is 10.1. The molecule has 0 atom stereocenters. The van der Waals surface area contributed by atoms with Gasteiger partial charge in [-0.2, -0.15) is 0 Å². The average molecular weight is 488 g/mol. The lowest BCUT2D eigenvalue weighted by Crippen LogP contribution is -2.45. The molecular formula is C24H33N5O4S. The summed E-state index contributed by atoms with van der Waals surface area (Å²) in [6.07, 6.45) is 1.02. The number of piperazine rings is 1. The van der Waals surface area contributed by atoms with E-state index in [4.69, 9.17) is 0 Å². The van der Waals surface area contributed by atoms with Gasteiger partial charge in [-0.25, -0.2) is 8.42 Å². The molecule has 10 heteroatoms. The minimum Gasteiger partial charge on any atom is -0.348 e. The summed E-state index contributed by atoms with van der Waals surface area (Å²) in [5.74, 6) is -0.737. The van der Waals surface area contributed by atoms with Crippen LogP contribution in [0.15, 0.2) is 42.5 Å². The number of carbonyl (C=O) groups is 2. The van der Waals surface area contributed by atoms with E-state index < -0.39 is 15.9 Å². The van der Waals surface area contributed by atoms with Crippen molar-refractivity contribution in [3.05, 3.63) is 59.2 Å². The zero-order valence-electron chi connectivity index (χ0n) is 19.9. The number of sulfonamides is 1. The zero-order valence-corrected chi connectivity index (χ0v) is 20.7. The van der Waals surface area contributed by atoms with Crippen LogP contribution in [0.25, 0.3) is 0 Å². The minimum absolute atomic E-state index is 0.125.